The first-order chi connectivity index (χ1) is 26.7. The van der Waals surface area contributed by atoms with Crippen LogP contribution in [0, 0.1) is 0 Å². The standard InChI is InChI=1S/C51H41N3/c1-52(42-15-5-2-6-16-42)43-28-23-38(24-29-43)39-25-30-46(31-26-39)53(44-17-7-3-8-18-44)47-32-34-48(35-33-47)54(45-19-9-4-10-20-45)49-21-11-14-41(37-49)50-22-12-13-40-27-36-51(40)50/h2-26,28-35,37H,27,36H2,1H3. The third-order valence-corrected chi connectivity index (χ3v) is 10.6. The molecule has 0 heterocycles. The fourth-order valence-corrected chi connectivity index (χ4v) is 7.61. The van der Waals surface area contributed by atoms with Gasteiger partial charge in [0.1, 0.15) is 0 Å². The Balaban J connectivity index is 1.03. The second-order valence-electron chi connectivity index (χ2n) is 13.8. The molecule has 3 heteroatoms. The molecule has 0 spiro atoms. The van der Waals surface area contributed by atoms with E-state index in [0.29, 0.717) is 0 Å². The van der Waals surface area contributed by atoms with Crippen LogP contribution in [0.5, 0.6) is 0 Å². The molecule has 260 valence electrons. The van der Waals surface area contributed by atoms with Crippen LogP contribution in [-0.4, -0.2) is 7.05 Å². The Labute approximate surface area is 318 Å². The van der Waals surface area contributed by atoms with Gasteiger partial charge in [-0.2, -0.15) is 0 Å². The molecule has 1 aliphatic rings. The summed E-state index contributed by atoms with van der Waals surface area (Å²) in [6.45, 7) is 0. The normalized spacial score (nSPS) is 11.6. The van der Waals surface area contributed by atoms with Crippen LogP contribution >= 0.6 is 0 Å². The van der Waals surface area contributed by atoms with E-state index in [9.17, 15) is 0 Å². The lowest BCUT2D eigenvalue weighted by Crippen LogP contribution is -2.12. The van der Waals surface area contributed by atoms with Crippen molar-refractivity contribution in [2.45, 2.75) is 12.8 Å². The molecular weight excluding hydrogens is 655 g/mol. The molecule has 0 saturated carbocycles. The van der Waals surface area contributed by atoms with Gasteiger partial charge in [0.05, 0.1) is 0 Å². The number of para-hydroxylation sites is 3. The molecule has 0 radical (unpaired) electrons. The van der Waals surface area contributed by atoms with Gasteiger partial charge in [-0.3, -0.25) is 0 Å². The third-order valence-electron chi connectivity index (χ3n) is 10.6. The number of fused-ring (bicyclic) bond motifs is 1. The van der Waals surface area contributed by atoms with Crippen LogP contribution in [0.4, 0.5) is 45.5 Å². The zero-order chi connectivity index (χ0) is 36.3. The summed E-state index contributed by atoms with van der Waals surface area (Å²) in [7, 11) is 2.11. The summed E-state index contributed by atoms with van der Waals surface area (Å²) in [5.41, 5.74) is 16.9. The van der Waals surface area contributed by atoms with Crippen molar-refractivity contribution in [2.75, 3.05) is 21.7 Å². The van der Waals surface area contributed by atoms with Crippen molar-refractivity contribution in [3.05, 3.63) is 217 Å². The minimum Gasteiger partial charge on any atom is -0.345 e. The lowest BCUT2D eigenvalue weighted by Gasteiger charge is -2.29. The van der Waals surface area contributed by atoms with Gasteiger partial charge in [-0.1, -0.05) is 109 Å². The SMILES string of the molecule is CN(c1ccccc1)c1ccc(-c2ccc(N(c3ccccc3)c3ccc(N(c4ccccc4)c4cccc(-c5cccc6c5CC6)c4)cc3)cc2)cc1. The Hall–Kier alpha value is -6.84. The maximum atomic E-state index is 2.35. The molecule has 3 nitrogen and oxygen atoms in total. The summed E-state index contributed by atoms with van der Waals surface area (Å²) >= 11 is 0. The first-order valence-corrected chi connectivity index (χ1v) is 18.7. The third kappa shape index (κ3) is 6.53. The van der Waals surface area contributed by atoms with Gasteiger partial charge in [-0.15, -0.1) is 0 Å². The Morgan fingerprint density at radius 1 is 0.315 bits per heavy atom. The van der Waals surface area contributed by atoms with Crippen LogP contribution in [0.15, 0.2) is 206 Å². The number of rotatable bonds is 10. The molecular formula is C51H41N3. The molecule has 1 aliphatic carbocycles. The molecule has 0 bridgehead atoms. The average molecular weight is 696 g/mol. The van der Waals surface area contributed by atoms with Crippen LogP contribution in [-0.2, 0) is 12.8 Å². The quantitative estimate of drug-likeness (QED) is 0.141. The summed E-state index contributed by atoms with van der Waals surface area (Å²) < 4.78 is 0. The predicted molar refractivity (Wildman–Crippen MR) is 229 cm³/mol. The Morgan fingerprint density at radius 2 is 0.722 bits per heavy atom. The summed E-state index contributed by atoms with van der Waals surface area (Å²) in [6, 6.07) is 74.1. The Morgan fingerprint density at radius 3 is 1.24 bits per heavy atom. The molecule has 54 heavy (non-hydrogen) atoms. The van der Waals surface area contributed by atoms with Crippen molar-refractivity contribution in [1.82, 2.24) is 0 Å². The number of benzene rings is 8. The molecule has 8 aromatic carbocycles. The van der Waals surface area contributed by atoms with Gasteiger partial charge in [0.15, 0.2) is 0 Å². The highest BCUT2D eigenvalue weighted by atomic mass is 15.2. The second-order valence-corrected chi connectivity index (χ2v) is 13.8. The van der Waals surface area contributed by atoms with Crippen molar-refractivity contribution < 1.29 is 0 Å². The molecule has 0 N–H and O–H groups in total. The van der Waals surface area contributed by atoms with E-state index in [0.717, 1.165) is 46.2 Å². The monoisotopic (exact) mass is 695 g/mol. The summed E-state index contributed by atoms with van der Waals surface area (Å²) in [5.74, 6) is 0. The highest BCUT2D eigenvalue weighted by Crippen LogP contribution is 2.41. The summed E-state index contributed by atoms with van der Waals surface area (Å²) in [5, 5.41) is 0. The van der Waals surface area contributed by atoms with Crippen molar-refractivity contribution in [3.63, 3.8) is 0 Å². The average Bonchev–Trinajstić information content (AvgIpc) is 3.23. The van der Waals surface area contributed by atoms with Gasteiger partial charge < -0.3 is 14.7 Å². The molecule has 0 saturated heterocycles. The van der Waals surface area contributed by atoms with Gasteiger partial charge in [-0.25, -0.2) is 0 Å². The van der Waals surface area contributed by atoms with Crippen molar-refractivity contribution in [2.24, 2.45) is 0 Å². The van der Waals surface area contributed by atoms with Gasteiger partial charge in [-0.05, 0) is 143 Å². The molecule has 9 rings (SSSR count). The fraction of sp³-hybridized carbons (Fsp3) is 0.0588. The number of aryl methyl sites for hydroxylation is 1. The smallest absolute Gasteiger partial charge is 0.0467 e. The van der Waals surface area contributed by atoms with Crippen molar-refractivity contribution >= 4 is 45.5 Å². The molecule has 8 aromatic rings. The van der Waals surface area contributed by atoms with E-state index in [1.165, 1.54) is 45.5 Å². The summed E-state index contributed by atoms with van der Waals surface area (Å²) in [4.78, 5) is 6.89. The topological polar surface area (TPSA) is 9.72 Å². The lowest BCUT2D eigenvalue weighted by atomic mass is 9.82. The molecule has 0 atom stereocenters. The van der Waals surface area contributed by atoms with Crippen molar-refractivity contribution in [3.8, 4) is 22.3 Å². The van der Waals surface area contributed by atoms with Crippen LogP contribution in [0.3, 0.4) is 0 Å². The molecule has 0 aromatic heterocycles. The number of anilines is 8. The zero-order valence-corrected chi connectivity index (χ0v) is 30.4. The number of nitrogens with zero attached hydrogens (tertiary/aromatic N) is 3. The van der Waals surface area contributed by atoms with Crippen LogP contribution in [0.2, 0.25) is 0 Å². The number of hydrogen-bond acceptors (Lipinski definition) is 3. The Bertz CT molecular complexity index is 2480. The Kier molecular flexibility index (Phi) is 8.96. The highest BCUT2D eigenvalue weighted by Gasteiger charge is 2.20. The van der Waals surface area contributed by atoms with E-state index in [2.05, 4.69) is 222 Å². The predicted octanol–water partition coefficient (Wildman–Crippen LogP) is 13.8. The van der Waals surface area contributed by atoms with E-state index in [1.807, 2.05) is 6.07 Å². The van der Waals surface area contributed by atoms with E-state index in [1.54, 1.807) is 0 Å². The van der Waals surface area contributed by atoms with Gasteiger partial charge in [0.2, 0.25) is 0 Å². The van der Waals surface area contributed by atoms with Gasteiger partial charge in [0, 0.05) is 52.5 Å². The first kappa shape index (κ1) is 33.0. The minimum atomic E-state index is 1.09. The van der Waals surface area contributed by atoms with Crippen LogP contribution in [0.25, 0.3) is 22.3 Å². The van der Waals surface area contributed by atoms with Gasteiger partial charge in [0.25, 0.3) is 0 Å². The number of hydrogen-bond donors (Lipinski definition) is 0. The lowest BCUT2D eigenvalue weighted by molar-refractivity contribution is 0.842. The summed E-state index contributed by atoms with van der Waals surface area (Å²) in [6.07, 6.45) is 2.33. The van der Waals surface area contributed by atoms with Crippen molar-refractivity contribution in [1.29, 1.82) is 0 Å². The minimum absolute atomic E-state index is 1.09. The largest absolute Gasteiger partial charge is 0.345 e. The molecule has 0 fully saturated rings. The van der Waals surface area contributed by atoms with E-state index in [-0.39, 0.29) is 0 Å². The highest BCUT2D eigenvalue weighted by molar-refractivity contribution is 5.84. The maximum Gasteiger partial charge on any atom is 0.0467 e. The molecule has 0 amide bonds. The van der Waals surface area contributed by atoms with Crippen LogP contribution in [0.1, 0.15) is 11.1 Å². The fourth-order valence-electron chi connectivity index (χ4n) is 7.61. The zero-order valence-electron chi connectivity index (χ0n) is 30.4. The van der Waals surface area contributed by atoms with E-state index in [4.69, 9.17) is 0 Å². The van der Waals surface area contributed by atoms with E-state index >= 15 is 0 Å². The second kappa shape index (κ2) is 14.7. The first-order valence-electron chi connectivity index (χ1n) is 18.7. The van der Waals surface area contributed by atoms with Crippen LogP contribution < -0.4 is 14.7 Å². The maximum absolute atomic E-state index is 2.35. The molecule has 0 unspecified atom stereocenters. The van der Waals surface area contributed by atoms with Gasteiger partial charge >= 0.3 is 0 Å². The molecule has 0 aliphatic heterocycles. The van der Waals surface area contributed by atoms with E-state index < -0.39 is 0 Å².